The number of aromatic nitrogens is 5. The van der Waals surface area contributed by atoms with Crippen LogP contribution in [0.4, 0.5) is 0 Å². The molecule has 2 saturated heterocycles. The van der Waals surface area contributed by atoms with Gasteiger partial charge in [-0.1, -0.05) is 6.07 Å². The molecule has 5 heterocycles. The van der Waals surface area contributed by atoms with E-state index in [0.29, 0.717) is 24.4 Å². The average molecular weight is 425 g/mol. The molecule has 0 aromatic carbocycles. The summed E-state index contributed by atoms with van der Waals surface area (Å²) < 4.78 is 6.54. The minimum Gasteiger partial charge on any atom is -0.456 e. The molecule has 2 aromatic heterocycles. The van der Waals surface area contributed by atoms with Gasteiger partial charge in [0.15, 0.2) is 5.82 Å². The van der Waals surface area contributed by atoms with E-state index >= 15 is 0 Å². The van der Waals surface area contributed by atoms with Crippen LogP contribution in [0, 0.1) is 5.41 Å². The molecule has 1 N–H and O–H groups in total. The number of pyridine rings is 1. The minimum atomic E-state index is -0.571. The molecule has 164 valence electrons. The fourth-order valence-electron chi connectivity index (χ4n) is 4.87. The topological polar surface area (TPSA) is 110 Å². The first-order valence-electron chi connectivity index (χ1n) is 10.8. The number of ether oxygens (including phenoxy) is 1. The number of tetrazole rings is 1. The second kappa shape index (κ2) is 8.35. The summed E-state index contributed by atoms with van der Waals surface area (Å²) in [6.45, 7) is 5.01. The molecule has 3 aliphatic rings. The standard InChI is InChI=1S/C21H27N7O3/c29-18(16-1-2-19(22-12-16)28-15-23-24-25-28)13-26-7-3-21(4-8-26)5-9-27(10-6-21)17-11-20(30)31-14-17/h1-2,11-12,15,18,29H,3-10,13-14H2. The second-order valence-electron chi connectivity index (χ2n) is 8.75. The molecule has 1 unspecified atom stereocenters. The van der Waals surface area contributed by atoms with Crippen LogP contribution in [0.2, 0.25) is 0 Å². The first-order valence-corrected chi connectivity index (χ1v) is 10.8. The van der Waals surface area contributed by atoms with E-state index in [4.69, 9.17) is 4.74 Å². The quantitative estimate of drug-likeness (QED) is 0.693. The van der Waals surface area contributed by atoms with E-state index < -0.39 is 6.10 Å². The molecule has 5 rings (SSSR count). The van der Waals surface area contributed by atoms with Crippen LogP contribution >= 0.6 is 0 Å². The van der Waals surface area contributed by atoms with E-state index in [0.717, 1.165) is 63.1 Å². The van der Waals surface area contributed by atoms with Crippen LogP contribution in [-0.2, 0) is 9.53 Å². The summed E-state index contributed by atoms with van der Waals surface area (Å²) in [5.74, 6) is 0.402. The lowest BCUT2D eigenvalue weighted by molar-refractivity contribution is -0.135. The number of aliphatic hydroxyl groups excluding tert-OH is 1. The first kappa shape index (κ1) is 20.1. The smallest absolute Gasteiger partial charge is 0.333 e. The van der Waals surface area contributed by atoms with Crippen LogP contribution in [-0.4, -0.2) is 85.4 Å². The predicted molar refractivity (Wildman–Crippen MR) is 110 cm³/mol. The predicted octanol–water partition coefficient (Wildman–Crippen LogP) is 0.709. The van der Waals surface area contributed by atoms with Crippen LogP contribution in [0.25, 0.3) is 5.82 Å². The van der Waals surface area contributed by atoms with Crippen LogP contribution in [0.5, 0.6) is 0 Å². The van der Waals surface area contributed by atoms with E-state index in [9.17, 15) is 9.90 Å². The Hall–Kier alpha value is -2.85. The Labute approximate surface area is 180 Å². The van der Waals surface area contributed by atoms with E-state index in [2.05, 4.69) is 30.3 Å². The van der Waals surface area contributed by atoms with Crippen molar-refractivity contribution in [3.05, 3.63) is 42.0 Å². The molecule has 1 spiro atoms. The van der Waals surface area contributed by atoms with Crippen molar-refractivity contribution in [2.75, 3.05) is 39.3 Å². The van der Waals surface area contributed by atoms with Crippen LogP contribution in [0.1, 0.15) is 37.4 Å². The van der Waals surface area contributed by atoms with Gasteiger partial charge in [0.05, 0.1) is 11.8 Å². The zero-order chi connectivity index (χ0) is 21.3. The van der Waals surface area contributed by atoms with Gasteiger partial charge in [-0.05, 0) is 60.7 Å². The molecule has 2 fully saturated rings. The number of esters is 1. The van der Waals surface area contributed by atoms with Crippen molar-refractivity contribution >= 4 is 5.97 Å². The van der Waals surface area contributed by atoms with Crippen LogP contribution in [0.3, 0.4) is 0 Å². The van der Waals surface area contributed by atoms with Crippen LogP contribution in [0.15, 0.2) is 36.4 Å². The highest BCUT2D eigenvalue weighted by molar-refractivity contribution is 5.85. The van der Waals surface area contributed by atoms with Gasteiger partial charge >= 0.3 is 5.97 Å². The van der Waals surface area contributed by atoms with Crippen molar-refractivity contribution in [3.63, 3.8) is 0 Å². The SMILES string of the molecule is O=C1C=C(N2CCC3(CCN(CC(O)c4ccc(-n5cnnn5)nc4)CC3)CC2)CO1. The van der Waals surface area contributed by atoms with Crippen molar-refractivity contribution in [1.82, 2.24) is 35.0 Å². The molecule has 10 nitrogen and oxygen atoms in total. The maximum Gasteiger partial charge on any atom is 0.333 e. The molecule has 0 saturated carbocycles. The third-order valence-electron chi connectivity index (χ3n) is 6.96. The van der Waals surface area contributed by atoms with E-state index in [-0.39, 0.29) is 5.97 Å². The van der Waals surface area contributed by atoms with Crippen molar-refractivity contribution in [2.45, 2.75) is 31.8 Å². The lowest BCUT2D eigenvalue weighted by Crippen LogP contribution is -2.47. The third kappa shape index (κ3) is 4.31. The van der Waals surface area contributed by atoms with Gasteiger partial charge in [-0.25, -0.2) is 9.78 Å². The summed E-state index contributed by atoms with van der Waals surface area (Å²) in [7, 11) is 0. The number of nitrogens with zero attached hydrogens (tertiary/aromatic N) is 7. The number of aliphatic hydroxyl groups is 1. The van der Waals surface area contributed by atoms with E-state index in [1.54, 1.807) is 12.3 Å². The molecule has 10 heteroatoms. The van der Waals surface area contributed by atoms with Crippen molar-refractivity contribution in [3.8, 4) is 5.82 Å². The van der Waals surface area contributed by atoms with Gasteiger partial charge in [0, 0.05) is 37.5 Å². The van der Waals surface area contributed by atoms with Crippen molar-refractivity contribution < 1.29 is 14.6 Å². The highest BCUT2D eigenvalue weighted by atomic mass is 16.5. The molecule has 0 radical (unpaired) electrons. The molecule has 1 atom stereocenters. The highest BCUT2D eigenvalue weighted by Gasteiger charge is 2.38. The van der Waals surface area contributed by atoms with Gasteiger partial charge in [0.2, 0.25) is 0 Å². The number of piperidine rings is 2. The summed E-state index contributed by atoms with van der Waals surface area (Å²) in [5, 5.41) is 21.7. The van der Waals surface area contributed by atoms with Gasteiger partial charge < -0.3 is 19.6 Å². The molecular formula is C21H27N7O3. The maximum atomic E-state index is 11.3. The van der Waals surface area contributed by atoms with E-state index in [1.807, 2.05) is 12.1 Å². The summed E-state index contributed by atoms with van der Waals surface area (Å²) in [4.78, 5) is 20.3. The number of carbonyl (C=O) groups is 1. The van der Waals surface area contributed by atoms with E-state index in [1.165, 1.54) is 11.0 Å². The van der Waals surface area contributed by atoms with Gasteiger partial charge in [-0.2, -0.15) is 4.68 Å². The first-order chi connectivity index (χ1) is 15.1. The number of cyclic esters (lactones) is 1. The molecule has 0 amide bonds. The monoisotopic (exact) mass is 425 g/mol. The lowest BCUT2D eigenvalue weighted by atomic mass is 9.71. The largest absolute Gasteiger partial charge is 0.456 e. The fraction of sp³-hybridized carbons (Fsp3) is 0.571. The molecule has 3 aliphatic heterocycles. The highest BCUT2D eigenvalue weighted by Crippen LogP contribution is 2.42. The molecule has 2 aromatic rings. The third-order valence-corrected chi connectivity index (χ3v) is 6.96. The molecule has 0 bridgehead atoms. The summed E-state index contributed by atoms with van der Waals surface area (Å²) in [6, 6.07) is 3.69. The number of hydrogen-bond acceptors (Lipinski definition) is 9. The Morgan fingerprint density at radius 1 is 1.13 bits per heavy atom. The van der Waals surface area contributed by atoms with Gasteiger partial charge in [0.1, 0.15) is 12.9 Å². The summed E-state index contributed by atoms with van der Waals surface area (Å²) >= 11 is 0. The Morgan fingerprint density at radius 3 is 2.52 bits per heavy atom. The zero-order valence-corrected chi connectivity index (χ0v) is 17.4. The summed E-state index contributed by atoms with van der Waals surface area (Å²) in [5.41, 5.74) is 2.21. The Morgan fingerprint density at radius 2 is 1.90 bits per heavy atom. The molecule has 31 heavy (non-hydrogen) atoms. The Bertz CT molecular complexity index is 926. The van der Waals surface area contributed by atoms with Gasteiger partial charge in [-0.3, -0.25) is 0 Å². The number of carbonyl (C=O) groups excluding carboxylic acids is 1. The van der Waals surface area contributed by atoms with Crippen molar-refractivity contribution in [1.29, 1.82) is 0 Å². The second-order valence-corrected chi connectivity index (χ2v) is 8.75. The lowest BCUT2D eigenvalue weighted by Gasteiger charge is -2.47. The average Bonchev–Trinajstić information content (AvgIpc) is 3.48. The Balaban J connectivity index is 1.11. The minimum absolute atomic E-state index is 0.220. The maximum absolute atomic E-state index is 11.3. The zero-order valence-electron chi connectivity index (χ0n) is 17.4. The summed E-state index contributed by atoms with van der Waals surface area (Å²) in [6.07, 6.45) is 8.84. The van der Waals surface area contributed by atoms with Gasteiger partial charge in [0.25, 0.3) is 0 Å². The number of likely N-dealkylation sites (tertiary alicyclic amines) is 2. The number of β-amino-alcohol motifs (C(OH)–C–C–N with tert-alkyl or cyclic N) is 1. The molecule has 0 aliphatic carbocycles. The van der Waals surface area contributed by atoms with Crippen molar-refractivity contribution in [2.24, 2.45) is 5.41 Å². The van der Waals surface area contributed by atoms with Crippen LogP contribution < -0.4 is 0 Å². The molecular weight excluding hydrogens is 398 g/mol. The fourth-order valence-corrected chi connectivity index (χ4v) is 4.87. The normalized spacial score (nSPS) is 22.4. The Kier molecular flexibility index (Phi) is 5.41. The van der Waals surface area contributed by atoms with Gasteiger partial charge in [-0.15, -0.1) is 5.10 Å². The number of hydrogen-bond donors (Lipinski definition) is 1. The number of rotatable bonds is 5.